The molecule has 2 rings (SSSR count). The van der Waals surface area contributed by atoms with E-state index in [4.69, 9.17) is 9.79 Å². The minimum Gasteiger partial charge on any atom is -0.391 e. The van der Waals surface area contributed by atoms with Crippen LogP contribution in [0.4, 0.5) is 0 Å². The van der Waals surface area contributed by atoms with Gasteiger partial charge in [-0.1, -0.05) is 26.0 Å². The molecule has 0 spiro atoms. The number of hydrogen-bond acceptors (Lipinski definition) is 4. The fourth-order valence-corrected chi connectivity index (χ4v) is 3.27. The number of carbonyl (C=O) groups is 1. The van der Waals surface area contributed by atoms with Gasteiger partial charge in [-0.25, -0.2) is 0 Å². The summed E-state index contributed by atoms with van der Waals surface area (Å²) in [5.41, 5.74) is 1.02. The fraction of sp³-hybridized carbons (Fsp3) is 0.588. The maximum atomic E-state index is 12.3. The third-order valence-corrected chi connectivity index (χ3v) is 5.16. The van der Waals surface area contributed by atoms with Crippen LogP contribution in [0.1, 0.15) is 38.7 Å². The van der Waals surface area contributed by atoms with Crippen molar-refractivity contribution in [1.82, 2.24) is 4.90 Å². The molecule has 0 radical (unpaired) electrons. The number of carbonyl (C=O) groups excluding carboxylic acids is 1. The lowest BCUT2D eigenvalue weighted by molar-refractivity contribution is -0.132. The first-order valence-electron chi connectivity index (χ1n) is 7.99. The van der Waals surface area contributed by atoms with Crippen molar-refractivity contribution < 1.29 is 19.7 Å². The van der Waals surface area contributed by atoms with Crippen LogP contribution in [0.3, 0.4) is 0 Å². The molecule has 1 unspecified atom stereocenters. The Kier molecular flexibility index (Phi) is 6.15. The summed E-state index contributed by atoms with van der Waals surface area (Å²) in [6.07, 6.45) is 2.51. The molecule has 1 aliphatic heterocycles. The zero-order valence-corrected chi connectivity index (χ0v) is 14.7. The van der Waals surface area contributed by atoms with Gasteiger partial charge in [0, 0.05) is 24.8 Å². The van der Waals surface area contributed by atoms with Crippen LogP contribution in [-0.2, 0) is 11.2 Å². The standard InChI is InChI=1S/C17H26NO4P/c1-17(2,11-16(20)18-10-8-14(19)12-18)9-7-13-3-5-15(6-4-13)23(21)22/h3-6,14,19,21-22H,7-12H2,1-2H3. The average molecular weight is 339 g/mol. The Bertz CT molecular complexity index is 530. The molecule has 1 aliphatic rings. The smallest absolute Gasteiger partial charge is 0.223 e. The summed E-state index contributed by atoms with van der Waals surface area (Å²) in [6, 6.07) is 7.30. The highest BCUT2D eigenvalue weighted by molar-refractivity contribution is 7.54. The second-order valence-corrected chi connectivity index (χ2v) is 8.17. The Morgan fingerprint density at radius 1 is 1.30 bits per heavy atom. The molecule has 1 heterocycles. The van der Waals surface area contributed by atoms with Crippen LogP contribution in [0.15, 0.2) is 24.3 Å². The molecule has 128 valence electrons. The number of amides is 1. The Labute approximate surface area is 138 Å². The molecule has 1 amide bonds. The molecule has 1 fully saturated rings. The molecule has 1 atom stereocenters. The van der Waals surface area contributed by atoms with Gasteiger partial charge in [-0.05, 0) is 42.4 Å². The van der Waals surface area contributed by atoms with Crippen LogP contribution < -0.4 is 5.30 Å². The highest BCUT2D eigenvalue weighted by Crippen LogP contribution is 2.29. The molecule has 0 bridgehead atoms. The van der Waals surface area contributed by atoms with Gasteiger partial charge in [-0.15, -0.1) is 0 Å². The Morgan fingerprint density at radius 3 is 2.48 bits per heavy atom. The number of aryl methyl sites for hydroxylation is 1. The molecular weight excluding hydrogens is 313 g/mol. The van der Waals surface area contributed by atoms with Gasteiger partial charge in [-0.3, -0.25) is 4.79 Å². The first-order chi connectivity index (χ1) is 10.8. The predicted octanol–water partition coefficient (Wildman–Crippen LogP) is 1.55. The second kappa shape index (κ2) is 7.71. The molecule has 0 saturated carbocycles. The number of likely N-dealkylation sites (tertiary alicyclic amines) is 1. The number of aliphatic hydroxyl groups excluding tert-OH is 1. The van der Waals surface area contributed by atoms with Crippen molar-refractivity contribution in [2.75, 3.05) is 13.1 Å². The summed E-state index contributed by atoms with van der Waals surface area (Å²) in [7, 11) is -2.03. The molecule has 23 heavy (non-hydrogen) atoms. The average Bonchev–Trinajstić information content (AvgIpc) is 2.92. The van der Waals surface area contributed by atoms with Crippen molar-refractivity contribution in [2.24, 2.45) is 5.41 Å². The van der Waals surface area contributed by atoms with Crippen LogP contribution in [0, 0.1) is 5.41 Å². The van der Waals surface area contributed by atoms with E-state index < -0.39 is 8.38 Å². The zero-order valence-electron chi connectivity index (χ0n) is 13.8. The maximum absolute atomic E-state index is 12.3. The van der Waals surface area contributed by atoms with E-state index in [9.17, 15) is 9.90 Å². The minimum absolute atomic E-state index is 0.107. The van der Waals surface area contributed by atoms with Gasteiger partial charge >= 0.3 is 0 Å². The van der Waals surface area contributed by atoms with Crippen LogP contribution >= 0.6 is 8.38 Å². The summed E-state index contributed by atoms with van der Waals surface area (Å²) in [4.78, 5) is 32.4. The molecule has 1 saturated heterocycles. The minimum atomic E-state index is -2.03. The highest BCUT2D eigenvalue weighted by Gasteiger charge is 2.29. The molecule has 1 aromatic carbocycles. The van der Waals surface area contributed by atoms with Crippen LogP contribution in [0.5, 0.6) is 0 Å². The summed E-state index contributed by atoms with van der Waals surface area (Å²) >= 11 is 0. The molecule has 0 aliphatic carbocycles. The monoisotopic (exact) mass is 339 g/mol. The summed E-state index contributed by atoms with van der Waals surface area (Å²) in [5.74, 6) is 0.119. The predicted molar refractivity (Wildman–Crippen MR) is 91.4 cm³/mol. The Morgan fingerprint density at radius 2 is 1.96 bits per heavy atom. The van der Waals surface area contributed by atoms with E-state index in [1.54, 1.807) is 17.0 Å². The van der Waals surface area contributed by atoms with Crippen molar-refractivity contribution in [1.29, 1.82) is 0 Å². The topological polar surface area (TPSA) is 81.0 Å². The van der Waals surface area contributed by atoms with E-state index in [1.807, 2.05) is 12.1 Å². The summed E-state index contributed by atoms with van der Waals surface area (Å²) in [5, 5.41) is 10.1. The first kappa shape index (κ1) is 18.3. The normalized spacial score (nSPS) is 18.7. The largest absolute Gasteiger partial charge is 0.391 e. The van der Waals surface area contributed by atoms with Crippen molar-refractivity contribution >= 4 is 19.6 Å². The quantitative estimate of drug-likeness (QED) is 0.687. The van der Waals surface area contributed by atoms with Gasteiger partial charge in [0.05, 0.1) is 6.10 Å². The van der Waals surface area contributed by atoms with Crippen molar-refractivity contribution in [3.05, 3.63) is 29.8 Å². The van der Waals surface area contributed by atoms with Crippen molar-refractivity contribution in [3.63, 3.8) is 0 Å². The number of benzene rings is 1. The van der Waals surface area contributed by atoms with Gasteiger partial charge in [0.25, 0.3) is 0 Å². The van der Waals surface area contributed by atoms with Gasteiger partial charge < -0.3 is 19.8 Å². The Balaban J connectivity index is 1.84. The van der Waals surface area contributed by atoms with E-state index in [0.29, 0.717) is 31.2 Å². The molecule has 5 nitrogen and oxygen atoms in total. The zero-order chi connectivity index (χ0) is 17.0. The first-order valence-corrected chi connectivity index (χ1v) is 9.24. The van der Waals surface area contributed by atoms with Crippen molar-refractivity contribution in [2.45, 2.75) is 45.6 Å². The van der Waals surface area contributed by atoms with Gasteiger partial charge in [0.15, 0.2) is 8.38 Å². The third-order valence-electron chi connectivity index (χ3n) is 4.40. The lowest BCUT2D eigenvalue weighted by Crippen LogP contribution is -2.33. The molecule has 1 aromatic rings. The van der Waals surface area contributed by atoms with Gasteiger partial charge in [-0.2, -0.15) is 0 Å². The SMILES string of the molecule is CC(C)(CCc1ccc(P(O)O)cc1)CC(=O)N1CCC(O)C1. The number of β-amino-alcohol motifs (C(OH)–C–C–N with tert-alkyl or cyclic N) is 1. The van der Waals surface area contributed by atoms with E-state index in [2.05, 4.69) is 13.8 Å². The highest BCUT2D eigenvalue weighted by atomic mass is 31.2. The summed E-state index contributed by atoms with van der Waals surface area (Å²) in [6.45, 7) is 5.30. The van der Waals surface area contributed by atoms with E-state index in [-0.39, 0.29) is 17.4 Å². The maximum Gasteiger partial charge on any atom is 0.223 e. The van der Waals surface area contributed by atoms with E-state index in [0.717, 1.165) is 18.4 Å². The fourth-order valence-electron chi connectivity index (χ4n) is 2.86. The van der Waals surface area contributed by atoms with Gasteiger partial charge in [0.1, 0.15) is 0 Å². The third kappa shape index (κ3) is 5.54. The van der Waals surface area contributed by atoms with Crippen LogP contribution in [0.2, 0.25) is 0 Å². The number of nitrogens with zero attached hydrogens (tertiary/aromatic N) is 1. The lowest BCUT2D eigenvalue weighted by Gasteiger charge is -2.27. The van der Waals surface area contributed by atoms with E-state index >= 15 is 0 Å². The van der Waals surface area contributed by atoms with Crippen LogP contribution in [0.25, 0.3) is 0 Å². The van der Waals surface area contributed by atoms with Crippen LogP contribution in [-0.4, -0.2) is 44.9 Å². The summed E-state index contributed by atoms with van der Waals surface area (Å²) < 4.78 is 0. The molecular formula is C17H26NO4P. The van der Waals surface area contributed by atoms with Gasteiger partial charge in [0.2, 0.25) is 5.91 Å². The molecule has 3 N–H and O–H groups in total. The van der Waals surface area contributed by atoms with E-state index in [1.165, 1.54) is 0 Å². The lowest BCUT2D eigenvalue weighted by atomic mass is 9.82. The number of hydrogen-bond donors (Lipinski definition) is 3. The second-order valence-electron chi connectivity index (χ2n) is 7.08. The number of rotatable bonds is 6. The Hall–Kier alpha value is -1.00. The molecule has 6 heteroatoms. The number of aliphatic hydroxyl groups is 1. The molecule has 0 aromatic heterocycles. The van der Waals surface area contributed by atoms with Crippen molar-refractivity contribution in [3.8, 4) is 0 Å².